The number of carbonyl (C=O) groups is 1. The summed E-state index contributed by atoms with van der Waals surface area (Å²) in [6, 6.07) is 7.07. The minimum Gasteiger partial charge on any atom is -0.492 e. The van der Waals surface area contributed by atoms with Crippen molar-refractivity contribution in [3.63, 3.8) is 0 Å². The number of benzene rings is 1. The van der Waals surface area contributed by atoms with Gasteiger partial charge in [-0.1, -0.05) is 13.8 Å². The Morgan fingerprint density at radius 1 is 1.46 bits per heavy atom. The van der Waals surface area contributed by atoms with E-state index in [1.54, 1.807) is 18.2 Å². The van der Waals surface area contributed by atoms with Crippen LogP contribution >= 0.6 is 0 Å². The zero-order chi connectivity index (χ0) is 17.7. The Morgan fingerprint density at radius 2 is 2.21 bits per heavy atom. The highest BCUT2D eigenvalue weighted by atomic mass is 16.5. The van der Waals surface area contributed by atoms with E-state index in [0.717, 1.165) is 12.6 Å². The van der Waals surface area contributed by atoms with Crippen LogP contribution in [0.5, 0.6) is 5.75 Å². The van der Waals surface area contributed by atoms with E-state index in [4.69, 9.17) is 15.6 Å². The molecule has 0 aliphatic carbocycles. The predicted molar refractivity (Wildman–Crippen MR) is 88.5 cm³/mol. The Bertz CT molecular complexity index is 797. The zero-order valence-corrected chi connectivity index (χ0v) is 13.5. The molecule has 124 valence electrons. The summed E-state index contributed by atoms with van der Waals surface area (Å²) in [4.78, 5) is 18.9. The summed E-state index contributed by atoms with van der Waals surface area (Å²) in [6.07, 6.45) is 2.04. The Morgan fingerprint density at radius 3 is 2.79 bits per heavy atom. The average Bonchev–Trinajstić information content (AvgIpc) is 2.54. The van der Waals surface area contributed by atoms with Crippen molar-refractivity contribution in [3.05, 3.63) is 35.5 Å². The molecule has 0 unspecified atom stereocenters. The van der Waals surface area contributed by atoms with Crippen LogP contribution in [0.4, 0.5) is 5.82 Å². The monoisotopic (exact) mass is 326 g/mol. The topological polar surface area (TPSA) is 122 Å². The number of nitriles is 1. The molecule has 1 aromatic carbocycles. The van der Waals surface area contributed by atoms with Gasteiger partial charge in [0.05, 0.1) is 12.2 Å². The third-order valence-corrected chi connectivity index (χ3v) is 3.36. The third kappa shape index (κ3) is 3.98. The van der Waals surface area contributed by atoms with Gasteiger partial charge in [0, 0.05) is 11.8 Å². The fourth-order valence-corrected chi connectivity index (χ4v) is 1.99. The van der Waals surface area contributed by atoms with Gasteiger partial charge in [-0.05, 0) is 30.5 Å². The van der Waals surface area contributed by atoms with E-state index >= 15 is 0 Å². The molecule has 0 radical (unpaired) electrons. The molecule has 0 saturated carbocycles. The second-order valence-electron chi connectivity index (χ2n) is 5.65. The number of anilines is 1. The summed E-state index contributed by atoms with van der Waals surface area (Å²) in [6.45, 7) is 4.73. The normalized spacial score (nSPS) is 10.4. The number of hydrogen-bond donors (Lipinski definition) is 2. The van der Waals surface area contributed by atoms with Gasteiger partial charge < -0.3 is 15.6 Å². The molecular formula is C17H18N4O3. The highest BCUT2D eigenvalue weighted by Crippen LogP contribution is 2.25. The predicted octanol–water partition coefficient (Wildman–Crippen LogP) is 2.72. The second-order valence-corrected chi connectivity index (χ2v) is 5.65. The maximum absolute atomic E-state index is 10.9. The number of nitrogens with two attached hydrogens (primary N) is 1. The molecule has 1 heterocycles. The standard InChI is InChI=1S/C17H18N4O3/c1-10(2)5-6-24-14-4-3-11(7-12(14)8-18)16-20-9-13(17(22)23)15(19)21-16/h3-4,7,9-10H,5-6H2,1-2H3,(H,22,23)(H2,19,20,21). The van der Waals surface area contributed by atoms with Crippen molar-refractivity contribution in [1.29, 1.82) is 5.26 Å². The highest BCUT2D eigenvalue weighted by Gasteiger charge is 2.13. The van der Waals surface area contributed by atoms with Crippen LogP contribution in [0.3, 0.4) is 0 Å². The summed E-state index contributed by atoms with van der Waals surface area (Å²) in [5.74, 6) is -0.0485. The number of aromatic nitrogens is 2. The molecule has 0 amide bonds. The molecule has 0 bridgehead atoms. The van der Waals surface area contributed by atoms with Crippen LogP contribution in [0, 0.1) is 17.2 Å². The van der Waals surface area contributed by atoms with E-state index in [1.165, 1.54) is 0 Å². The summed E-state index contributed by atoms with van der Waals surface area (Å²) < 4.78 is 5.64. The van der Waals surface area contributed by atoms with Crippen LogP contribution in [-0.2, 0) is 0 Å². The minimum atomic E-state index is -1.19. The first-order chi connectivity index (χ1) is 11.4. The molecule has 0 atom stereocenters. The number of carboxylic acid groups (broad SMARTS) is 1. The van der Waals surface area contributed by atoms with E-state index in [1.807, 2.05) is 0 Å². The number of aromatic carboxylic acids is 1. The van der Waals surface area contributed by atoms with Crippen molar-refractivity contribution in [3.8, 4) is 23.2 Å². The van der Waals surface area contributed by atoms with Gasteiger partial charge in [0.25, 0.3) is 0 Å². The number of ether oxygens (including phenoxy) is 1. The van der Waals surface area contributed by atoms with Gasteiger partial charge in [-0.2, -0.15) is 5.26 Å². The third-order valence-electron chi connectivity index (χ3n) is 3.36. The van der Waals surface area contributed by atoms with Crippen LogP contribution < -0.4 is 10.5 Å². The van der Waals surface area contributed by atoms with E-state index < -0.39 is 5.97 Å². The van der Waals surface area contributed by atoms with Gasteiger partial charge in [0.1, 0.15) is 23.2 Å². The fraction of sp³-hybridized carbons (Fsp3) is 0.294. The van der Waals surface area contributed by atoms with Gasteiger partial charge in [0.2, 0.25) is 0 Å². The summed E-state index contributed by atoms with van der Waals surface area (Å²) in [5, 5.41) is 18.2. The molecule has 0 spiro atoms. The molecule has 0 fully saturated rings. The summed E-state index contributed by atoms with van der Waals surface area (Å²) in [7, 11) is 0. The molecule has 24 heavy (non-hydrogen) atoms. The molecule has 0 saturated heterocycles. The lowest BCUT2D eigenvalue weighted by Crippen LogP contribution is -2.07. The van der Waals surface area contributed by atoms with Crippen LogP contribution in [0.1, 0.15) is 36.2 Å². The Balaban J connectivity index is 2.28. The molecule has 7 heteroatoms. The molecule has 2 rings (SSSR count). The van der Waals surface area contributed by atoms with Crippen molar-refractivity contribution < 1.29 is 14.6 Å². The lowest BCUT2D eigenvalue weighted by molar-refractivity contribution is 0.0697. The fourth-order valence-electron chi connectivity index (χ4n) is 1.99. The Kier molecular flexibility index (Phi) is 5.32. The maximum atomic E-state index is 10.9. The lowest BCUT2D eigenvalue weighted by Gasteiger charge is -2.10. The molecule has 1 aromatic heterocycles. The van der Waals surface area contributed by atoms with Crippen molar-refractivity contribution in [2.75, 3.05) is 12.3 Å². The van der Waals surface area contributed by atoms with E-state index in [2.05, 4.69) is 29.9 Å². The maximum Gasteiger partial charge on any atom is 0.341 e. The molecule has 3 N–H and O–H groups in total. The highest BCUT2D eigenvalue weighted by molar-refractivity contribution is 5.92. The van der Waals surface area contributed by atoms with Crippen molar-refractivity contribution in [1.82, 2.24) is 9.97 Å². The van der Waals surface area contributed by atoms with Crippen LogP contribution in [0.15, 0.2) is 24.4 Å². The average molecular weight is 326 g/mol. The zero-order valence-electron chi connectivity index (χ0n) is 13.5. The SMILES string of the molecule is CC(C)CCOc1ccc(-c2ncc(C(=O)O)c(N)n2)cc1C#N. The Hall–Kier alpha value is -3.14. The first-order valence-corrected chi connectivity index (χ1v) is 7.45. The van der Waals surface area contributed by atoms with Crippen LogP contribution in [0.2, 0.25) is 0 Å². The smallest absolute Gasteiger partial charge is 0.341 e. The van der Waals surface area contributed by atoms with Crippen molar-refractivity contribution in [2.24, 2.45) is 5.92 Å². The largest absolute Gasteiger partial charge is 0.492 e. The molecule has 2 aromatic rings. The number of hydrogen-bond acceptors (Lipinski definition) is 6. The summed E-state index contributed by atoms with van der Waals surface area (Å²) >= 11 is 0. The van der Waals surface area contributed by atoms with E-state index in [0.29, 0.717) is 29.4 Å². The van der Waals surface area contributed by atoms with Gasteiger partial charge in [0.15, 0.2) is 5.82 Å². The molecular weight excluding hydrogens is 308 g/mol. The lowest BCUT2D eigenvalue weighted by atomic mass is 10.1. The molecule has 7 nitrogen and oxygen atoms in total. The van der Waals surface area contributed by atoms with Gasteiger partial charge in [-0.3, -0.25) is 0 Å². The molecule has 0 aliphatic heterocycles. The quantitative estimate of drug-likeness (QED) is 0.836. The first kappa shape index (κ1) is 17.2. The first-order valence-electron chi connectivity index (χ1n) is 7.45. The number of nitrogen functional groups attached to an aromatic ring is 1. The van der Waals surface area contributed by atoms with E-state index in [-0.39, 0.29) is 17.2 Å². The Labute approximate surface area is 139 Å². The second kappa shape index (κ2) is 7.42. The summed E-state index contributed by atoms with van der Waals surface area (Å²) in [5.41, 5.74) is 6.40. The number of carboxylic acids is 1. The minimum absolute atomic E-state index is 0.122. The van der Waals surface area contributed by atoms with E-state index in [9.17, 15) is 10.1 Å². The van der Waals surface area contributed by atoms with Gasteiger partial charge >= 0.3 is 5.97 Å². The van der Waals surface area contributed by atoms with Gasteiger partial charge in [-0.25, -0.2) is 14.8 Å². The molecule has 0 aliphatic rings. The number of rotatable bonds is 6. The van der Waals surface area contributed by atoms with Crippen molar-refractivity contribution >= 4 is 11.8 Å². The van der Waals surface area contributed by atoms with Crippen LogP contribution in [0.25, 0.3) is 11.4 Å². The van der Waals surface area contributed by atoms with Crippen molar-refractivity contribution in [2.45, 2.75) is 20.3 Å². The van der Waals surface area contributed by atoms with Gasteiger partial charge in [-0.15, -0.1) is 0 Å². The number of nitrogens with zero attached hydrogens (tertiary/aromatic N) is 3. The van der Waals surface area contributed by atoms with Crippen LogP contribution in [-0.4, -0.2) is 27.7 Å².